The summed E-state index contributed by atoms with van der Waals surface area (Å²) in [6, 6.07) is 21.8. The van der Waals surface area contributed by atoms with Crippen molar-refractivity contribution < 1.29 is 19.4 Å². The molecule has 5 heteroatoms. The summed E-state index contributed by atoms with van der Waals surface area (Å²) in [5.41, 5.74) is 4.60. The lowest BCUT2D eigenvalue weighted by molar-refractivity contribution is -0.132. The van der Waals surface area contributed by atoms with Gasteiger partial charge in [-0.15, -0.1) is 0 Å². The van der Waals surface area contributed by atoms with Crippen LogP contribution >= 0.6 is 0 Å². The number of benzene rings is 3. The topological polar surface area (TPSA) is 59.0 Å². The van der Waals surface area contributed by atoms with Crippen LogP contribution in [0.5, 0.6) is 17.2 Å². The molecule has 0 saturated carbocycles. The Morgan fingerprint density at radius 3 is 2.35 bits per heavy atom. The van der Waals surface area contributed by atoms with Gasteiger partial charge in [0.15, 0.2) is 11.5 Å². The lowest BCUT2D eigenvalue weighted by Gasteiger charge is -2.32. The second kappa shape index (κ2) is 10.2. The third kappa shape index (κ3) is 5.19. The third-order valence-corrected chi connectivity index (χ3v) is 7.04. The summed E-state index contributed by atoms with van der Waals surface area (Å²) in [6.07, 6.45) is 5.44. The van der Waals surface area contributed by atoms with Gasteiger partial charge >= 0.3 is 0 Å². The molecule has 0 atom stereocenters. The molecule has 0 unspecified atom stereocenters. The van der Waals surface area contributed by atoms with Gasteiger partial charge in [0.05, 0.1) is 0 Å². The number of carbonyl (C=O) groups excluding carboxylic acids is 1. The van der Waals surface area contributed by atoms with Crippen LogP contribution in [-0.2, 0) is 17.6 Å². The Balaban J connectivity index is 1.16. The fourth-order valence-electron chi connectivity index (χ4n) is 4.98. The van der Waals surface area contributed by atoms with E-state index < -0.39 is 0 Å². The Morgan fingerprint density at radius 1 is 0.912 bits per heavy atom. The van der Waals surface area contributed by atoms with Crippen LogP contribution in [0.1, 0.15) is 36.8 Å². The molecule has 0 radical (unpaired) electrons. The molecule has 0 aliphatic carbocycles. The number of rotatable bonds is 7. The molecule has 1 fully saturated rings. The molecule has 34 heavy (non-hydrogen) atoms. The zero-order chi connectivity index (χ0) is 23.3. The van der Waals surface area contributed by atoms with Crippen molar-refractivity contribution in [1.29, 1.82) is 0 Å². The quantitative estimate of drug-likeness (QED) is 0.502. The zero-order valence-electron chi connectivity index (χ0n) is 19.4. The Hall–Kier alpha value is -3.47. The molecule has 0 aromatic heterocycles. The van der Waals surface area contributed by atoms with Gasteiger partial charge in [-0.25, -0.2) is 0 Å². The predicted molar refractivity (Wildman–Crippen MR) is 132 cm³/mol. The van der Waals surface area contributed by atoms with Crippen molar-refractivity contribution >= 4 is 5.91 Å². The van der Waals surface area contributed by atoms with Crippen molar-refractivity contribution in [1.82, 2.24) is 4.90 Å². The number of carbonyl (C=O) groups is 1. The lowest BCUT2D eigenvalue weighted by Crippen LogP contribution is -2.38. The SMILES string of the molecule is O=C(CCc1cc2c(cc1-c1ccccc1)OCO2)N1CCC(CCc2ccc(O)cc2)CC1. The first kappa shape index (κ1) is 22.3. The molecular weight excluding hydrogens is 426 g/mol. The van der Waals surface area contributed by atoms with Crippen LogP contribution in [0, 0.1) is 5.92 Å². The highest BCUT2D eigenvalue weighted by Crippen LogP contribution is 2.39. The van der Waals surface area contributed by atoms with E-state index in [1.165, 1.54) is 5.56 Å². The minimum absolute atomic E-state index is 0.230. The van der Waals surface area contributed by atoms with Crippen LogP contribution in [0.4, 0.5) is 0 Å². The second-order valence-corrected chi connectivity index (χ2v) is 9.26. The molecule has 176 valence electrons. The van der Waals surface area contributed by atoms with E-state index in [1.54, 1.807) is 12.1 Å². The molecule has 0 spiro atoms. The summed E-state index contributed by atoms with van der Waals surface area (Å²) < 4.78 is 11.2. The van der Waals surface area contributed by atoms with E-state index in [2.05, 4.69) is 12.1 Å². The number of nitrogens with zero attached hydrogens (tertiary/aromatic N) is 1. The average Bonchev–Trinajstić information content (AvgIpc) is 3.35. The Labute approximate surface area is 200 Å². The molecule has 3 aromatic rings. The van der Waals surface area contributed by atoms with Gasteiger partial charge in [-0.3, -0.25) is 4.79 Å². The van der Waals surface area contributed by atoms with Crippen molar-refractivity contribution in [2.24, 2.45) is 5.92 Å². The smallest absolute Gasteiger partial charge is 0.231 e. The van der Waals surface area contributed by atoms with E-state index in [1.807, 2.05) is 47.4 Å². The van der Waals surface area contributed by atoms with E-state index >= 15 is 0 Å². The minimum atomic E-state index is 0.230. The highest BCUT2D eigenvalue weighted by Gasteiger charge is 2.24. The normalized spacial score (nSPS) is 15.5. The largest absolute Gasteiger partial charge is 0.508 e. The van der Waals surface area contributed by atoms with E-state index in [4.69, 9.17) is 9.47 Å². The first-order valence-electron chi connectivity index (χ1n) is 12.2. The summed E-state index contributed by atoms with van der Waals surface area (Å²) in [6.45, 7) is 1.92. The van der Waals surface area contributed by atoms with Gasteiger partial charge in [0.1, 0.15) is 5.75 Å². The summed E-state index contributed by atoms with van der Waals surface area (Å²) in [4.78, 5) is 15.1. The number of hydrogen-bond acceptors (Lipinski definition) is 4. The van der Waals surface area contributed by atoms with E-state index in [0.29, 0.717) is 24.5 Å². The molecule has 5 rings (SSSR count). The van der Waals surface area contributed by atoms with Gasteiger partial charge in [0.2, 0.25) is 12.7 Å². The fourth-order valence-corrected chi connectivity index (χ4v) is 4.98. The molecule has 0 bridgehead atoms. The van der Waals surface area contributed by atoms with Crippen molar-refractivity contribution in [2.75, 3.05) is 19.9 Å². The maximum absolute atomic E-state index is 13.0. The number of amides is 1. The van der Waals surface area contributed by atoms with E-state index in [0.717, 1.165) is 67.0 Å². The van der Waals surface area contributed by atoms with Crippen molar-refractivity contribution in [2.45, 2.75) is 38.5 Å². The molecule has 1 amide bonds. The maximum atomic E-state index is 13.0. The van der Waals surface area contributed by atoms with Crippen molar-refractivity contribution in [3.8, 4) is 28.4 Å². The second-order valence-electron chi connectivity index (χ2n) is 9.26. The van der Waals surface area contributed by atoms with E-state index in [-0.39, 0.29) is 12.7 Å². The van der Waals surface area contributed by atoms with E-state index in [9.17, 15) is 9.90 Å². The van der Waals surface area contributed by atoms with Crippen molar-refractivity contribution in [3.05, 3.63) is 77.9 Å². The fraction of sp³-hybridized carbons (Fsp3) is 0.345. The van der Waals surface area contributed by atoms with Gasteiger partial charge in [-0.2, -0.15) is 0 Å². The highest BCUT2D eigenvalue weighted by molar-refractivity contribution is 5.78. The Kier molecular flexibility index (Phi) is 6.70. The summed E-state index contributed by atoms with van der Waals surface area (Å²) in [5, 5.41) is 9.44. The number of phenolic OH excluding ortho intramolecular Hbond substituents is 1. The third-order valence-electron chi connectivity index (χ3n) is 7.04. The predicted octanol–water partition coefficient (Wildman–Crippen LogP) is 5.59. The minimum Gasteiger partial charge on any atom is -0.508 e. The van der Waals surface area contributed by atoms with Crippen LogP contribution in [0.3, 0.4) is 0 Å². The number of phenols is 1. The molecule has 5 nitrogen and oxygen atoms in total. The molecule has 1 saturated heterocycles. The van der Waals surface area contributed by atoms with Crippen LogP contribution < -0.4 is 9.47 Å². The monoisotopic (exact) mass is 457 g/mol. The zero-order valence-corrected chi connectivity index (χ0v) is 19.4. The summed E-state index contributed by atoms with van der Waals surface area (Å²) >= 11 is 0. The number of hydrogen-bond donors (Lipinski definition) is 1. The number of aryl methyl sites for hydroxylation is 2. The van der Waals surface area contributed by atoms with Gasteiger partial charge in [0.25, 0.3) is 0 Å². The van der Waals surface area contributed by atoms with Gasteiger partial charge in [-0.05, 0) is 84.5 Å². The standard InChI is InChI=1S/C29H31NO4/c31-25-11-8-21(9-12-25)6-7-22-14-16-30(17-15-22)29(32)13-10-24-18-27-28(34-20-33-27)19-26(24)23-4-2-1-3-5-23/h1-5,8-9,11-12,18-19,22,31H,6-7,10,13-17,20H2. The van der Waals surface area contributed by atoms with Crippen LogP contribution in [0.25, 0.3) is 11.1 Å². The molecule has 2 heterocycles. The lowest BCUT2D eigenvalue weighted by atomic mass is 9.90. The Bertz CT molecular complexity index is 1120. The average molecular weight is 458 g/mol. The molecule has 2 aliphatic rings. The molecule has 2 aliphatic heterocycles. The molecule has 3 aromatic carbocycles. The number of ether oxygens (including phenoxy) is 2. The Morgan fingerprint density at radius 2 is 1.62 bits per heavy atom. The highest BCUT2D eigenvalue weighted by atomic mass is 16.7. The number of piperidine rings is 1. The summed E-state index contributed by atoms with van der Waals surface area (Å²) in [5.74, 6) is 2.72. The van der Waals surface area contributed by atoms with Crippen LogP contribution in [-0.4, -0.2) is 35.8 Å². The van der Waals surface area contributed by atoms with Gasteiger partial charge < -0.3 is 19.5 Å². The first-order chi connectivity index (χ1) is 16.7. The van der Waals surface area contributed by atoms with Crippen LogP contribution in [0.15, 0.2) is 66.7 Å². The molecular formula is C29H31NO4. The number of aromatic hydroxyl groups is 1. The van der Waals surface area contributed by atoms with Gasteiger partial charge in [0, 0.05) is 19.5 Å². The van der Waals surface area contributed by atoms with Crippen molar-refractivity contribution in [3.63, 3.8) is 0 Å². The molecule has 1 N–H and O–H groups in total. The van der Waals surface area contributed by atoms with Gasteiger partial charge in [-0.1, -0.05) is 42.5 Å². The maximum Gasteiger partial charge on any atom is 0.231 e. The first-order valence-corrected chi connectivity index (χ1v) is 12.2. The number of fused-ring (bicyclic) bond motifs is 1. The summed E-state index contributed by atoms with van der Waals surface area (Å²) in [7, 11) is 0. The van der Waals surface area contributed by atoms with Crippen LogP contribution in [0.2, 0.25) is 0 Å². The number of likely N-dealkylation sites (tertiary alicyclic amines) is 1.